The first-order chi connectivity index (χ1) is 32.5. The predicted molar refractivity (Wildman–Crippen MR) is 283 cm³/mol. The Morgan fingerprint density at radius 1 is 0.333 bits per heavy atom. The second-order valence-corrected chi connectivity index (χ2v) is 17.1. The summed E-state index contributed by atoms with van der Waals surface area (Å²) in [5.41, 5.74) is 0. The van der Waals surface area contributed by atoms with Crippen molar-refractivity contribution in [3.05, 3.63) is 122 Å². The Hall–Kier alpha value is -4.19. The smallest absolute Gasteiger partial charge is 0.306 e. The molecule has 0 aromatic rings. The molecule has 66 heavy (non-hydrogen) atoms. The molecular formula is C60H96O6. The van der Waals surface area contributed by atoms with Crippen LogP contribution in [0, 0.1) is 0 Å². The zero-order valence-electron chi connectivity index (χ0n) is 42.4. The summed E-state index contributed by atoms with van der Waals surface area (Å²) in [6.45, 7) is 6.29. The molecule has 6 heteroatoms. The van der Waals surface area contributed by atoms with E-state index in [1.165, 1.54) is 64.2 Å². The third-order valence-corrected chi connectivity index (χ3v) is 10.8. The number of ether oxygens (including phenoxy) is 3. The minimum absolute atomic E-state index is 0.117. The Morgan fingerprint density at radius 2 is 0.697 bits per heavy atom. The lowest BCUT2D eigenvalue weighted by Crippen LogP contribution is -2.30. The van der Waals surface area contributed by atoms with Gasteiger partial charge in [0.15, 0.2) is 6.10 Å². The molecule has 1 atom stereocenters. The highest BCUT2D eigenvalue weighted by Crippen LogP contribution is 2.13. The summed E-state index contributed by atoms with van der Waals surface area (Å²) >= 11 is 0. The van der Waals surface area contributed by atoms with Crippen molar-refractivity contribution >= 4 is 17.9 Å². The monoisotopic (exact) mass is 913 g/mol. The Morgan fingerprint density at radius 3 is 1.20 bits per heavy atom. The maximum atomic E-state index is 12.8. The number of allylic oxidation sites excluding steroid dienone is 20. The van der Waals surface area contributed by atoms with Gasteiger partial charge in [-0.25, -0.2) is 0 Å². The number of hydrogen-bond acceptors (Lipinski definition) is 6. The summed E-state index contributed by atoms with van der Waals surface area (Å²) in [6, 6.07) is 0. The number of carbonyl (C=O) groups is 3. The molecule has 0 saturated carbocycles. The number of rotatable bonds is 46. The molecule has 6 nitrogen and oxygen atoms in total. The van der Waals surface area contributed by atoms with Crippen LogP contribution in [0.5, 0.6) is 0 Å². The third kappa shape index (κ3) is 50.8. The minimum Gasteiger partial charge on any atom is -0.462 e. The van der Waals surface area contributed by atoms with Crippen LogP contribution >= 0.6 is 0 Å². The number of carbonyl (C=O) groups excluding carboxylic acids is 3. The molecule has 0 heterocycles. The van der Waals surface area contributed by atoms with Crippen molar-refractivity contribution in [2.24, 2.45) is 0 Å². The van der Waals surface area contributed by atoms with Crippen LogP contribution in [0.25, 0.3) is 0 Å². The fourth-order valence-corrected chi connectivity index (χ4v) is 6.81. The summed E-state index contributed by atoms with van der Waals surface area (Å²) < 4.78 is 16.7. The highest BCUT2D eigenvalue weighted by molar-refractivity contribution is 5.71. The van der Waals surface area contributed by atoms with Gasteiger partial charge in [-0.2, -0.15) is 0 Å². The first kappa shape index (κ1) is 61.8. The lowest BCUT2D eigenvalue weighted by atomic mass is 10.1. The summed E-state index contributed by atoms with van der Waals surface area (Å²) in [4.78, 5) is 38.0. The van der Waals surface area contributed by atoms with Gasteiger partial charge in [0, 0.05) is 19.3 Å². The van der Waals surface area contributed by atoms with Crippen molar-refractivity contribution in [1.82, 2.24) is 0 Å². The van der Waals surface area contributed by atoms with Crippen LogP contribution in [-0.2, 0) is 28.6 Å². The molecule has 0 aliphatic rings. The molecule has 1 unspecified atom stereocenters. The molecule has 0 bridgehead atoms. The van der Waals surface area contributed by atoms with E-state index in [0.717, 1.165) is 109 Å². The van der Waals surface area contributed by atoms with Gasteiger partial charge in [0.2, 0.25) is 0 Å². The largest absolute Gasteiger partial charge is 0.462 e. The van der Waals surface area contributed by atoms with Gasteiger partial charge in [-0.15, -0.1) is 0 Å². The molecule has 0 amide bonds. The first-order valence-corrected chi connectivity index (χ1v) is 26.6. The van der Waals surface area contributed by atoms with Gasteiger partial charge in [0.05, 0.1) is 0 Å². The quantitative estimate of drug-likeness (QED) is 0.0199. The van der Waals surface area contributed by atoms with Crippen LogP contribution < -0.4 is 0 Å². The van der Waals surface area contributed by atoms with Gasteiger partial charge >= 0.3 is 17.9 Å². The molecule has 372 valence electrons. The van der Waals surface area contributed by atoms with Gasteiger partial charge in [0.1, 0.15) is 13.2 Å². The van der Waals surface area contributed by atoms with E-state index in [4.69, 9.17) is 14.2 Å². The van der Waals surface area contributed by atoms with Crippen molar-refractivity contribution in [3.63, 3.8) is 0 Å². The SMILES string of the molecule is CC\C=C/C=C\C=C/CCCCCCCCCC(=O)OC(COC(=O)CC/C=C\C/C=C\C/C=C\C/C=C\C/C=C\C/C=C\CC)COC(=O)CCCCC/C=C\CCCCCCCCC. The Balaban J connectivity index is 4.55. The molecular weight excluding hydrogens is 817 g/mol. The Labute approximate surface area is 405 Å². The van der Waals surface area contributed by atoms with E-state index in [1.54, 1.807) is 0 Å². The molecule has 0 aromatic heterocycles. The Kier molecular flexibility index (Phi) is 50.0. The van der Waals surface area contributed by atoms with E-state index >= 15 is 0 Å². The van der Waals surface area contributed by atoms with Crippen LogP contribution in [0.15, 0.2) is 122 Å². The molecule has 0 rings (SSSR count). The first-order valence-electron chi connectivity index (χ1n) is 26.6. The van der Waals surface area contributed by atoms with Crippen molar-refractivity contribution in [1.29, 1.82) is 0 Å². The van der Waals surface area contributed by atoms with Gasteiger partial charge in [-0.3, -0.25) is 14.4 Å². The van der Waals surface area contributed by atoms with Crippen LogP contribution in [0.4, 0.5) is 0 Å². The summed E-state index contributed by atoms with van der Waals surface area (Å²) in [6.07, 6.45) is 73.4. The lowest BCUT2D eigenvalue weighted by Gasteiger charge is -2.18. The summed E-state index contributed by atoms with van der Waals surface area (Å²) in [5, 5.41) is 0. The lowest BCUT2D eigenvalue weighted by molar-refractivity contribution is -0.166. The number of esters is 3. The maximum Gasteiger partial charge on any atom is 0.306 e. The van der Waals surface area contributed by atoms with Crippen molar-refractivity contribution in [2.45, 2.75) is 226 Å². The fourth-order valence-electron chi connectivity index (χ4n) is 6.81. The highest BCUT2D eigenvalue weighted by atomic mass is 16.6. The number of hydrogen-bond donors (Lipinski definition) is 0. The van der Waals surface area contributed by atoms with Crippen LogP contribution in [0.2, 0.25) is 0 Å². The van der Waals surface area contributed by atoms with Crippen LogP contribution in [0.3, 0.4) is 0 Å². The van der Waals surface area contributed by atoms with E-state index in [9.17, 15) is 14.4 Å². The normalized spacial score (nSPS) is 13.1. The molecule has 0 aliphatic heterocycles. The van der Waals surface area contributed by atoms with E-state index in [1.807, 2.05) is 12.2 Å². The minimum atomic E-state index is -0.824. The van der Waals surface area contributed by atoms with Crippen LogP contribution in [0.1, 0.15) is 220 Å². The molecule has 0 N–H and O–H groups in total. The van der Waals surface area contributed by atoms with Crippen LogP contribution in [-0.4, -0.2) is 37.2 Å². The van der Waals surface area contributed by atoms with Crippen molar-refractivity contribution in [3.8, 4) is 0 Å². The van der Waals surface area contributed by atoms with E-state index in [-0.39, 0.29) is 37.5 Å². The average molecular weight is 913 g/mol. The van der Waals surface area contributed by atoms with Crippen molar-refractivity contribution in [2.75, 3.05) is 13.2 Å². The van der Waals surface area contributed by atoms with Gasteiger partial charge in [0.25, 0.3) is 0 Å². The molecule has 0 aromatic carbocycles. The van der Waals surface area contributed by atoms with E-state index in [0.29, 0.717) is 19.3 Å². The average Bonchev–Trinajstić information content (AvgIpc) is 3.31. The highest BCUT2D eigenvalue weighted by Gasteiger charge is 2.19. The molecule has 0 spiro atoms. The molecule has 0 radical (unpaired) electrons. The van der Waals surface area contributed by atoms with Gasteiger partial charge in [-0.1, -0.05) is 219 Å². The second kappa shape index (κ2) is 53.4. The number of unbranched alkanes of at least 4 members (excludes halogenated alkanes) is 17. The topological polar surface area (TPSA) is 78.9 Å². The maximum absolute atomic E-state index is 12.8. The standard InChI is InChI=1S/C60H96O6/c1-4-7-10-13-16-19-22-25-28-29-30-31-33-35-38-41-44-47-50-53-59(62)65-56-57(55-64-58(61)52-49-46-43-40-37-34-27-24-21-18-15-12-9-6-3)66-60(63)54-51-48-45-42-39-36-32-26-23-20-17-14-11-8-5-2/h7-8,10-11,14,16-17,19-20,23,25,28,30-31,34-35,37-38,44,47,57H,4-6,9,12-13,15,18,21-22,24,26-27,29,32-33,36,39-43,45-46,48-56H2,1-3H3/b10-7-,11-8-,17-14-,19-16-,23-20-,28-25-,31-30-,37-34-,38-35-,47-44-. The third-order valence-electron chi connectivity index (χ3n) is 10.8. The van der Waals surface area contributed by atoms with E-state index in [2.05, 4.69) is 130 Å². The fraction of sp³-hybridized carbons (Fsp3) is 0.617. The van der Waals surface area contributed by atoms with E-state index < -0.39 is 6.10 Å². The second-order valence-electron chi connectivity index (χ2n) is 17.1. The molecule has 0 saturated heterocycles. The zero-order valence-corrected chi connectivity index (χ0v) is 42.4. The predicted octanol–water partition coefficient (Wildman–Crippen LogP) is 17.7. The summed E-state index contributed by atoms with van der Waals surface area (Å²) in [7, 11) is 0. The molecule has 0 aliphatic carbocycles. The van der Waals surface area contributed by atoms with Crippen molar-refractivity contribution < 1.29 is 28.6 Å². The Bertz CT molecular complexity index is 1420. The van der Waals surface area contributed by atoms with Gasteiger partial charge < -0.3 is 14.2 Å². The molecule has 0 fully saturated rings. The summed E-state index contributed by atoms with van der Waals surface area (Å²) in [5.74, 6) is -1.04. The zero-order chi connectivity index (χ0) is 47.9. The van der Waals surface area contributed by atoms with Gasteiger partial charge in [-0.05, 0) is 103 Å².